The lowest BCUT2D eigenvalue weighted by molar-refractivity contribution is 0.416. The Bertz CT molecular complexity index is 589. The monoisotopic (exact) mass is 246 g/mol. The molecule has 7 heteroatoms. The van der Waals surface area contributed by atoms with Crippen LogP contribution in [0.1, 0.15) is 30.1 Å². The van der Waals surface area contributed by atoms with E-state index in [1.165, 1.54) is 0 Å². The third kappa shape index (κ3) is 1.99. The smallest absolute Gasteiger partial charge is 0.342 e. The van der Waals surface area contributed by atoms with Crippen molar-refractivity contribution in [1.82, 2.24) is 24.7 Å². The van der Waals surface area contributed by atoms with Crippen LogP contribution in [-0.2, 0) is 7.05 Å². The van der Waals surface area contributed by atoms with E-state index in [0.29, 0.717) is 23.2 Å². The molecule has 7 nitrogen and oxygen atoms in total. The maximum absolute atomic E-state index is 5.87. The van der Waals surface area contributed by atoms with E-state index < -0.39 is 0 Å². The Hall–Kier alpha value is -2.18. The Morgan fingerprint density at radius 1 is 1.39 bits per heavy atom. The van der Waals surface area contributed by atoms with Crippen LogP contribution in [0, 0.1) is 6.92 Å². The predicted molar refractivity (Wildman–Crippen MR) is 64.2 cm³/mol. The molecule has 0 radical (unpaired) electrons. The standard InChI is InChI=1S/C11H14N6O/c1-6-8(12)14-9(7-3-4-7)15-10(6)18-11-13-5-17(2)16-11/h5,7H,3-4H2,1-2H3,(H2,12,14,15). The summed E-state index contributed by atoms with van der Waals surface area (Å²) >= 11 is 0. The molecule has 0 spiro atoms. The number of anilines is 1. The topological polar surface area (TPSA) is 91.7 Å². The molecule has 0 amide bonds. The molecule has 3 rings (SSSR count). The Balaban J connectivity index is 1.94. The summed E-state index contributed by atoms with van der Waals surface area (Å²) in [6.45, 7) is 1.82. The van der Waals surface area contributed by atoms with Crippen molar-refractivity contribution in [3.8, 4) is 11.9 Å². The summed E-state index contributed by atoms with van der Waals surface area (Å²) < 4.78 is 7.12. The molecule has 0 aliphatic heterocycles. The zero-order valence-electron chi connectivity index (χ0n) is 10.3. The molecule has 18 heavy (non-hydrogen) atoms. The van der Waals surface area contributed by atoms with Gasteiger partial charge in [-0.15, -0.1) is 5.10 Å². The molecule has 94 valence electrons. The highest BCUT2D eigenvalue weighted by atomic mass is 16.5. The van der Waals surface area contributed by atoms with Crippen molar-refractivity contribution in [2.75, 3.05) is 5.73 Å². The lowest BCUT2D eigenvalue weighted by atomic mass is 10.3. The molecule has 1 aliphatic rings. The van der Waals surface area contributed by atoms with Crippen LogP contribution in [0.25, 0.3) is 0 Å². The minimum atomic E-state index is 0.264. The molecule has 1 fully saturated rings. The summed E-state index contributed by atoms with van der Waals surface area (Å²) in [5.74, 6) is 2.07. The second-order valence-corrected chi connectivity index (χ2v) is 4.47. The van der Waals surface area contributed by atoms with Gasteiger partial charge in [0.05, 0.1) is 5.56 Å². The van der Waals surface area contributed by atoms with Crippen LogP contribution in [0.4, 0.5) is 5.82 Å². The van der Waals surface area contributed by atoms with Gasteiger partial charge in [-0.1, -0.05) is 0 Å². The average Bonchev–Trinajstić information content (AvgIpc) is 3.10. The molecule has 0 saturated heterocycles. The normalized spacial score (nSPS) is 14.8. The van der Waals surface area contributed by atoms with Gasteiger partial charge in [-0.05, 0) is 19.8 Å². The number of aryl methyl sites for hydroxylation is 1. The van der Waals surface area contributed by atoms with Gasteiger partial charge in [0.1, 0.15) is 18.0 Å². The summed E-state index contributed by atoms with van der Waals surface area (Å²) in [5.41, 5.74) is 6.58. The maximum atomic E-state index is 5.87. The largest absolute Gasteiger partial charge is 0.404 e. The number of aromatic nitrogens is 5. The van der Waals surface area contributed by atoms with E-state index in [1.807, 2.05) is 6.92 Å². The van der Waals surface area contributed by atoms with Crippen LogP contribution in [-0.4, -0.2) is 24.7 Å². The third-order valence-corrected chi connectivity index (χ3v) is 2.87. The van der Waals surface area contributed by atoms with E-state index in [1.54, 1.807) is 18.1 Å². The van der Waals surface area contributed by atoms with Crippen molar-refractivity contribution >= 4 is 5.82 Å². The molecule has 2 heterocycles. The van der Waals surface area contributed by atoms with E-state index in [2.05, 4.69) is 20.1 Å². The van der Waals surface area contributed by atoms with E-state index in [9.17, 15) is 0 Å². The molecule has 1 saturated carbocycles. The van der Waals surface area contributed by atoms with Gasteiger partial charge >= 0.3 is 6.01 Å². The summed E-state index contributed by atoms with van der Waals surface area (Å²) in [5, 5.41) is 4.05. The molecular weight excluding hydrogens is 232 g/mol. The van der Waals surface area contributed by atoms with Crippen molar-refractivity contribution in [2.24, 2.45) is 7.05 Å². The maximum Gasteiger partial charge on any atom is 0.342 e. The van der Waals surface area contributed by atoms with Crippen molar-refractivity contribution in [1.29, 1.82) is 0 Å². The lowest BCUT2D eigenvalue weighted by Gasteiger charge is -2.08. The minimum Gasteiger partial charge on any atom is -0.404 e. The van der Waals surface area contributed by atoms with Crippen LogP contribution in [0.3, 0.4) is 0 Å². The van der Waals surface area contributed by atoms with E-state index in [-0.39, 0.29) is 6.01 Å². The van der Waals surface area contributed by atoms with Gasteiger partial charge in [0.15, 0.2) is 0 Å². The van der Waals surface area contributed by atoms with Crippen LogP contribution >= 0.6 is 0 Å². The molecule has 0 bridgehead atoms. The zero-order chi connectivity index (χ0) is 12.7. The fraction of sp³-hybridized carbons (Fsp3) is 0.455. The Morgan fingerprint density at radius 3 is 2.78 bits per heavy atom. The van der Waals surface area contributed by atoms with Crippen molar-refractivity contribution < 1.29 is 4.74 Å². The summed E-state index contributed by atoms with van der Waals surface area (Å²) in [6, 6.07) is 0.264. The highest BCUT2D eigenvalue weighted by molar-refractivity contribution is 5.45. The summed E-state index contributed by atoms with van der Waals surface area (Å²) in [4.78, 5) is 12.7. The molecule has 2 aromatic rings. The molecular formula is C11H14N6O. The number of nitrogens with zero attached hydrogens (tertiary/aromatic N) is 5. The van der Waals surface area contributed by atoms with Gasteiger partial charge in [0.2, 0.25) is 5.88 Å². The van der Waals surface area contributed by atoms with Gasteiger partial charge in [0.25, 0.3) is 0 Å². The fourth-order valence-corrected chi connectivity index (χ4v) is 1.61. The molecule has 2 aromatic heterocycles. The molecule has 0 aromatic carbocycles. The van der Waals surface area contributed by atoms with Gasteiger partial charge in [-0.2, -0.15) is 9.97 Å². The summed E-state index contributed by atoms with van der Waals surface area (Å²) in [7, 11) is 1.77. The SMILES string of the molecule is Cc1c(N)nc(C2CC2)nc1Oc1ncn(C)n1. The number of hydrogen-bond donors (Lipinski definition) is 1. The van der Waals surface area contributed by atoms with Gasteiger partial charge in [-0.25, -0.2) is 4.98 Å². The number of nitrogens with two attached hydrogens (primary N) is 1. The van der Waals surface area contributed by atoms with E-state index in [0.717, 1.165) is 18.7 Å². The van der Waals surface area contributed by atoms with E-state index >= 15 is 0 Å². The zero-order valence-corrected chi connectivity index (χ0v) is 10.3. The quantitative estimate of drug-likeness (QED) is 0.873. The molecule has 1 aliphatic carbocycles. The molecule has 0 unspecified atom stereocenters. The predicted octanol–water partition coefficient (Wildman–Crippen LogP) is 1.17. The number of ether oxygens (including phenoxy) is 1. The van der Waals surface area contributed by atoms with Crippen LogP contribution in [0.15, 0.2) is 6.33 Å². The fourth-order valence-electron chi connectivity index (χ4n) is 1.61. The Morgan fingerprint density at radius 2 is 2.17 bits per heavy atom. The number of hydrogen-bond acceptors (Lipinski definition) is 6. The second-order valence-electron chi connectivity index (χ2n) is 4.47. The molecule has 0 atom stereocenters. The highest BCUT2D eigenvalue weighted by Gasteiger charge is 2.28. The number of nitrogen functional groups attached to an aromatic ring is 1. The first-order valence-corrected chi connectivity index (χ1v) is 5.81. The first-order chi connectivity index (χ1) is 8.63. The highest BCUT2D eigenvalue weighted by Crippen LogP contribution is 2.39. The first-order valence-electron chi connectivity index (χ1n) is 5.81. The first kappa shape index (κ1) is 10.9. The summed E-state index contributed by atoms with van der Waals surface area (Å²) in [6.07, 6.45) is 3.80. The second kappa shape index (κ2) is 3.94. The number of rotatable bonds is 3. The van der Waals surface area contributed by atoms with Crippen LogP contribution < -0.4 is 10.5 Å². The van der Waals surface area contributed by atoms with Crippen LogP contribution in [0.2, 0.25) is 0 Å². The Labute approximate surface area is 104 Å². The lowest BCUT2D eigenvalue weighted by Crippen LogP contribution is -2.04. The van der Waals surface area contributed by atoms with Crippen molar-refractivity contribution in [3.63, 3.8) is 0 Å². The third-order valence-electron chi connectivity index (χ3n) is 2.87. The van der Waals surface area contributed by atoms with Gasteiger partial charge in [-0.3, -0.25) is 4.68 Å². The average molecular weight is 246 g/mol. The Kier molecular flexibility index (Phi) is 2.39. The van der Waals surface area contributed by atoms with Gasteiger partial charge < -0.3 is 10.5 Å². The van der Waals surface area contributed by atoms with Crippen LogP contribution in [0.5, 0.6) is 11.9 Å². The van der Waals surface area contributed by atoms with Crippen molar-refractivity contribution in [3.05, 3.63) is 17.7 Å². The van der Waals surface area contributed by atoms with Crippen molar-refractivity contribution in [2.45, 2.75) is 25.7 Å². The van der Waals surface area contributed by atoms with Gasteiger partial charge in [0, 0.05) is 13.0 Å². The molecule has 2 N–H and O–H groups in total. The van der Waals surface area contributed by atoms with E-state index in [4.69, 9.17) is 10.5 Å². The minimum absolute atomic E-state index is 0.264.